The van der Waals surface area contributed by atoms with Crippen molar-refractivity contribution in [3.8, 4) is 0 Å². The summed E-state index contributed by atoms with van der Waals surface area (Å²) < 4.78 is 13.1. The number of halogens is 2. The molecule has 1 aliphatic carbocycles. The maximum Gasteiger partial charge on any atom is 0.124 e. The Labute approximate surface area is 120 Å². The van der Waals surface area contributed by atoms with E-state index in [9.17, 15) is 4.39 Å². The standard InChI is InChI=1S/C16H23ClFN/c1-2-9-19-16-6-4-3-5-13(16)10-12-7-8-14(18)11-15(12)17/h7-8,11,13,16,19H,2-6,9-10H2,1H3. The zero-order chi connectivity index (χ0) is 13.7. The van der Waals surface area contributed by atoms with E-state index >= 15 is 0 Å². The highest BCUT2D eigenvalue weighted by Crippen LogP contribution is 2.30. The molecule has 1 nitrogen and oxygen atoms in total. The van der Waals surface area contributed by atoms with Gasteiger partial charge in [-0.2, -0.15) is 0 Å². The van der Waals surface area contributed by atoms with E-state index in [-0.39, 0.29) is 5.82 Å². The molecule has 1 saturated carbocycles. The summed E-state index contributed by atoms with van der Waals surface area (Å²) >= 11 is 6.14. The van der Waals surface area contributed by atoms with Crippen LogP contribution in [0.25, 0.3) is 0 Å². The number of hydrogen-bond donors (Lipinski definition) is 1. The highest BCUT2D eigenvalue weighted by Gasteiger charge is 2.25. The lowest BCUT2D eigenvalue weighted by Crippen LogP contribution is -2.39. The fourth-order valence-corrected chi connectivity index (χ4v) is 3.26. The Morgan fingerprint density at radius 1 is 1.32 bits per heavy atom. The minimum Gasteiger partial charge on any atom is -0.314 e. The van der Waals surface area contributed by atoms with E-state index in [4.69, 9.17) is 11.6 Å². The normalized spacial score (nSPS) is 23.5. The van der Waals surface area contributed by atoms with E-state index in [1.165, 1.54) is 44.2 Å². The fourth-order valence-electron chi connectivity index (χ4n) is 3.02. The Bertz CT molecular complexity index is 408. The summed E-state index contributed by atoms with van der Waals surface area (Å²) in [6, 6.07) is 5.37. The summed E-state index contributed by atoms with van der Waals surface area (Å²) in [5, 5.41) is 4.22. The third-order valence-corrected chi connectivity index (χ3v) is 4.41. The minimum atomic E-state index is -0.252. The molecule has 0 amide bonds. The molecule has 0 bridgehead atoms. The smallest absolute Gasteiger partial charge is 0.124 e. The van der Waals surface area contributed by atoms with E-state index < -0.39 is 0 Å². The van der Waals surface area contributed by atoms with Gasteiger partial charge in [0.1, 0.15) is 5.82 Å². The van der Waals surface area contributed by atoms with Crippen molar-refractivity contribution in [1.82, 2.24) is 5.32 Å². The molecule has 106 valence electrons. The van der Waals surface area contributed by atoms with E-state index in [2.05, 4.69) is 12.2 Å². The van der Waals surface area contributed by atoms with Gasteiger partial charge in [-0.05, 0) is 55.8 Å². The predicted octanol–water partition coefficient (Wildman–Crippen LogP) is 4.58. The van der Waals surface area contributed by atoms with Gasteiger partial charge in [0.25, 0.3) is 0 Å². The van der Waals surface area contributed by atoms with Gasteiger partial charge < -0.3 is 5.32 Å². The van der Waals surface area contributed by atoms with E-state index in [1.807, 2.05) is 6.07 Å². The van der Waals surface area contributed by atoms with Crippen molar-refractivity contribution in [2.75, 3.05) is 6.54 Å². The number of hydrogen-bond acceptors (Lipinski definition) is 1. The third-order valence-electron chi connectivity index (χ3n) is 4.06. The van der Waals surface area contributed by atoms with E-state index in [0.29, 0.717) is 17.0 Å². The second kappa shape index (κ2) is 7.25. The lowest BCUT2D eigenvalue weighted by Gasteiger charge is -2.32. The van der Waals surface area contributed by atoms with Crippen molar-refractivity contribution in [1.29, 1.82) is 0 Å². The Morgan fingerprint density at radius 3 is 2.84 bits per heavy atom. The SMILES string of the molecule is CCCNC1CCCCC1Cc1ccc(F)cc1Cl. The minimum absolute atomic E-state index is 0.252. The summed E-state index contributed by atoms with van der Waals surface area (Å²) in [7, 11) is 0. The topological polar surface area (TPSA) is 12.0 Å². The van der Waals surface area contributed by atoms with Crippen molar-refractivity contribution >= 4 is 11.6 Å². The fraction of sp³-hybridized carbons (Fsp3) is 0.625. The highest BCUT2D eigenvalue weighted by atomic mass is 35.5. The molecule has 0 spiro atoms. The number of nitrogens with one attached hydrogen (secondary N) is 1. The summed E-state index contributed by atoms with van der Waals surface area (Å²) in [6.45, 7) is 3.28. The van der Waals surface area contributed by atoms with Gasteiger partial charge in [-0.25, -0.2) is 4.39 Å². The molecule has 2 rings (SSSR count). The lowest BCUT2D eigenvalue weighted by atomic mass is 9.80. The maximum atomic E-state index is 13.1. The average molecular weight is 284 g/mol. The zero-order valence-electron chi connectivity index (χ0n) is 11.6. The summed E-state index contributed by atoms with van der Waals surface area (Å²) in [6.07, 6.45) is 7.24. The van der Waals surface area contributed by atoms with Crippen molar-refractivity contribution < 1.29 is 4.39 Å². The largest absolute Gasteiger partial charge is 0.314 e. The Balaban J connectivity index is 2.02. The van der Waals surface area contributed by atoms with E-state index in [0.717, 1.165) is 18.5 Å². The second-order valence-electron chi connectivity index (χ2n) is 5.55. The van der Waals surface area contributed by atoms with E-state index in [1.54, 1.807) is 0 Å². The molecule has 1 fully saturated rings. The van der Waals surface area contributed by atoms with Gasteiger partial charge in [0, 0.05) is 11.1 Å². The number of benzene rings is 1. The van der Waals surface area contributed by atoms with Gasteiger partial charge in [-0.3, -0.25) is 0 Å². The van der Waals surface area contributed by atoms with Crippen LogP contribution >= 0.6 is 11.6 Å². The van der Waals surface area contributed by atoms with Crippen LogP contribution in [0.2, 0.25) is 5.02 Å². The second-order valence-corrected chi connectivity index (χ2v) is 5.95. The molecule has 0 heterocycles. The lowest BCUT2D eigenvalue weighted by molar-refractivity contribution is 0.261. The van der Waals surface area contributed by atoms with Crippen molar-refractivity contribution in [2.24, 2.45) is 5.92 Å². The molecular weight excluding hydrogens is 261 g/mol. The Hall–Kier alpha value is -0.600. The molecule has 0 aliphatic heterocycles. The van der Waals surface area contributed by atoms with Crippen LogP contribution < -0.4 is 5.32 Å². The molecular formula is C16H23ClFN. The first kappa shape index (κ1) is 14.8. The molecule has 1 N–H and O–H groups in total. The number of rotatable bonds is 5. The molecule has 1 aromatic rings. The van der Waals surface area contributed by atoms with Gasteiger partial charge in [-0.1, -0.05) is 37.4 Å². The summed E-state index contributed by atoms with van der Waals surface area (Å²) in [4.78, 5) is 0. The molecule has 2 unspecified atom stereocenters. The van der Waals surface area contributed by atoms with Crippen LogP contribution in [-0.4, -0.2) is 12.6 Å². The first-order chi connectivity index (χ1) is 9.20. The van der Waals surface area contributed by atoms with Crippen LogP contribution in [0.5, 0.6) is 0 Å². The molecule has 0 saturated heterocycles. The van der Waals surface area contributed by atoms with Gasteiger partial charge in [0.05, 0.1) is 0 Å². The zero-order valence-corrected chi connectivity index (χ0v) is 12.3. The van der Waals surface area contributed by atoms with Crippen LogP contribution in [0.15, 0.2) is 18.2 Å². The van der Waals surface area contributed by atoms with Crippen LogP contribution in [-0.2, 0) is 6.42 Å². The highest BCUT2D eigenvalue weighted by molar-refractivity contribution is 6.31. The van der Waals surface area contributed by atoms with Crippen molar-refractivity contribution in [2.45, 2.75) is 51.5 Å². The maximum absolute atomic E-state index is 13.1. The first-order valence-electron chi connectivity index (χ1n) is 7.38. The summed E-state index contributed by atoms with van der Waals surface area (Å²) in [5.41, 5.74) is 1.08. The Kier molecular flexibility index (Phi) is 5.65. The molecule has 0 aromatic heterocycles. The monoisotopic (exact) mass is 283 g/mol. The molecule has 19 heavy (non-hydrogen) atoms. The molecule has 1 aromatic carbocycles. The van der Waals surface area contributed by atoms with Crippen molar-refractivity contribution in [3.05, 3.63) is 34.6 Å². The van der Waals surface area contributed by atoms with Gasteiger partial charge in [0.15, 0.2) is 0 Å². The Morgan fingerprint density at radius 2 is 2.11 bits per heavy atom. The predicted molar refractivity (Wildman–Crippen MR) is 79.2 cm³/mol. The van der Waals surface area contributed by atoms with Gasteiger partial charge in [-0.15, -0.1) is 0 Å². The quantitative estimate of drug-likeness (QED) is 0.834. The van der Waals surface area contributed by atoms with Gasteiger partial charge in [0.2, 0.25) is 0 Å². The third kappa shape index (κ3) is 4.19. The van der Waals surface area contributed by atoms with Crippen LogP contribution in [0.3, 0.4) is 0 Å². The molecule has 1 aliphatic rings. The average Bonchev–Trinajstić information content (AvgIpc) is 2.41. The molecule has 3 heteroatoms. The van der Waals surface area contributed by atoms with Crippen molar-refractivity contribution in [3.63, 3.8) is 0 Å². The van der Waals surface area contributed by atoms with Crippen LogP contribution in [0.4, 0.5) is 4.39 Å². The first-order valence-corrected chi connectivity index (χ1v) is 7.75. The molecule has 2 atom stereocenters. The molecule has 0 radical (unpaired) electrons. The van der Waals surface area contributed by atoms with Crippen LogP contribution in [0.1, 0.15) is 44.6 Å². The van der Waals surface area contributed by atoms with Crippen LogP contribution in [0, 0.1) is 11.7 Å². The summed E-state index contributed by atoms with van der Waals surface area (Å²) in [5.74, 6) is 0.376. The van der Waals surface area contributed by atoms with Gasteiger partial charge >= 0.3 is 0 Å².